The number of carbonyl (C=O) groups is 2. The Morgan fingerprint density at radius 3 is 2.55 bits per heavy atom. The van der Waals surface area contributed by atoms with Crippen LogP contribution in [0.2, 0.25) is 0 Å². The maximum absolute atomic E-state index is 12.7. The number of hydroxylamine groups is 2. The number of hydrogen-bond acceptors (Lipinski definition) is 8. The van der Waals surface area contributed by atoms with E-state index in [1.807, 2.05) is 19.9 Å². The van der Waals surface area contributed by atoms with Crippen molar-refractivity contribution < 1.29 is 33.4 Å². The predicted molar refractivity (Wildman–Crippen MR) is 101 cm³/mol. The molecule has 3 aliphatic rings. The van der Waals surface area contributed by atoms with Gasteiger partial charge in [-0.3, -0.25) is 4.84 Å². The summed E-state index contributed by atoms with van der Waals surface area (Å²) in [6.07, 6.45) is -1.77. The van der Waals surface area contributed by atoms with Crippen LogP contribution in [0.5, 0.6) is 0 Å². The monoisotopic (exact) mass is 405 g/mol. The summed E-state index contributed by atoms with van der Waals surface area (Å²) in [5.41, 5.74) is 0.464. The molecule has 29 heavy (non-hydrogen) atoms. The van der Waals surface area contributed by atoms with Gasteiger partial charge in [-0.05, 0) is 39.3 Å². The maximum atomic E-state index is 12.7. The Morgan fingerprint density at radius 1 is 1.17 bits per heavy atom. The van der Waals surface area contributed by atoms with Gasteiger partial charge in [-0.2, -0.15) is 5.06 Å². The first-order valence-electron chi connectivity index (χ1n) is 9.98. The number of fused-ring (bicyclic) bond motifs is 3. The van der Waals surface area contributed by atoms with Crippen LogP contribution in [0, 0.1) is 5.92 Å². The average Bonchev–Trinajstić information content (AvgIpc) is 3.18. The largest absolute Gasteiger partial charge is 0.464 e. The van der Waals surface area contributed by atoms with Crippen LogP contribution in [-0.4, -0.2) is 66.9 Å². The first kappa shape index (κ1) is 20.3. The molecule has 8 nitrogen and oxygen atoms in total. The molecular formula is C21H27NO7. The molecule has 2 saturated heterocycles. The highest BCUT2D eigenvalue weighted by Crippen LogP contribution is 2.46. The second-order valence-corrected chi connectivity index (χ2v) is 8.09. The van der Waals surface area contributed by atoms with E-state index in [0.29, 0.717) is 12.0 Å². The van der Waals surface area contributed by atoms with E-state index >= 15 is 0 Å². The number of esters is 2. The van der Waals surface area contributed by atoms with Gasteiger partial charge in [0.1, 0.15) is 18.3 Å². The molecule has 6 atom stereocenters. The highest BCUT2D eigenvalue weighted by molar-refractivity contribution is 5.89. The van der Waals surface area contributed by atoms with Gasteiger partial charge in [0.2, 0.25) is 0 Å². The van der Waals surface area contributed by atoms with E-state index in [4.69, 9.17) is 23.8 Å². The van der Waals surface area contributed by atoms with Crippen LogP contribution in [0.25, 0.3) is 0 Å². The summed E-state index contributed by atoms with van der Waals surface area (Å²) < 4.78 is 23.3. The minimum atomic E-state index is -0.829. The van der Waals surface area contributed by atoms with E-state index in [-0.39, 0.29) is 18.6 Å². The van der Waals surface area contributed by atoms with E-state index in [9.17, 15) is 9.59 Å². The second kappa shape index (κ2) is 7.68. The molecule has 8 heteroatoms. The number of nitrogens with zero attached hydrogens (tertiary/aromatic N) is 1. The Kier molecular flexibility index (Phi) is 5.37. The van der Waals surface area contributed by atoms with Crippen molar-refractivity contribution in [2.24, 2.45) is 5.92 Å². The number of hydrogen-bond donors (Lipinski definition) is 0. The fourth-order valence-corrected chi connectivity index (χ4v) is 4.60. The van der Waals surface area contributed by atoms with E-state index in [2.05, 4.69) is 0 Å². The molecule has 1 aromatic rings. The number of likely N-dealkylation sites (N-methyl/N-ethyl adjacent to an activating group) is 1. The van der Waals surface area contributed by atoms with Gasteiger partial charge in [0.05, 0.1) is 18.2 Å². The third-order valence-corrected chi connectivity index (χ3v) is 5.69. The van der Waals surface area contributed by atoms with Crippen molar-refractivity contribution in [1.29, 1.82) is 0 Å². The Bertz CT molecular complexity index is 768. The number of rotatable bonds is 4. The molecule has 158 valence electrons. The Labute approximate surface area is 169 Å². The van der Waals surface area contributed by atoms with Crippen molar-refractivity contribution in [3.63, 3.8) is 0 Å². The van der Waals surface area contributed by atoms with Gasteiger partial charge < -0.3 is 18.9 Å². The van der Waals surface area contributed by atoms with E-state index in [1.165, 1.54) is 0 Å². The van der Waals surface area contributed by atoms with E-state index in [1.54, 1.807) is 43.3 Å². The molecule has 1 aromatic carbocycles. The highest BCUT2D eigenvalue weighted by atomic mass is 16.8. The lowest BCUT2D eigenvalue weighted by Gasteiger charge is -2.39. The van der Waals surface area contributed by atoms with Gasteiger partial charge in [0, 0.05) is 13.0 Å². The zero-order valence-electron chi connectivity index (χ0n) is 17.1. The maximum Gasteiger partial charge on any atom is 0.338 e. The predicted octanol–water partition coefficient (Wildman–Crippen LogP) is 1.93. The van der Waals surface area contributed by atoms with Gasteiger partial charge in [-0.1, -0.05) is 18.2 Å². The normalized spacial score (nSPS) is 35.6. The van der Waals surface area contributed by atoms with Crippen LogP contribution in [0.15, 0.2) is 30.3 Å². The molecule has 0 aromatic heterocycles. The van der Waals surface area contributed by atoms with Crippen molar-refractivity contribution in [3.8, 4) is 0 Å². The van der Waals surface area contributed by atoms with Crippen LogP contribution in [0.1, 0.15) is 37.6 Å². The highest BCUT2D eigenvalue weighted by Gasteiger charge is 2.62. The van der Waals surface area contributed by atoms with Gasteiger partial charge in [0.15, 0.2) is 11.9 Å². The quantitative estimate of drug-likeness (QED) is 0.703. The molecule has 0 unspecified atom stereocenters. The number of ether oxygens (including phenoxy) is 4. The summed E-state index contributed by atoms with van der Waals surface area (Å²) in [5.74, 6) is -1.92. The van der Waals surface area contributed by atoms with Crippen molar-refractivity contribution in [2.45, 2.75) is 63.4 Å². The minimum Gasteiger partial charge on any atom is -0.464 e. The number of carbonyl (C=O) groups excluding carboxylic acids is 2. The van der Waals surface area contributed by atoms with Gasteiger partial charge in [0.25, 0.3) is 0 Å². The van der Waals surface area contributed by atoms with Crippen molar-refractivity contribution >= 4 is 11.9 Å². The van der Waals surface area contributed by atoms with Gasteiger partial charge in [-0.15, -0.1) is 0 Å². The minimum absolute atomic E-state index is 0.206. The first-order chi connectivity index (χ1) is 13.8. The van der Waals surface area contributed by atoms with Gasteiger partial charge >= 0.3 is 11.9 Å². The van der Waals surface area contributed by atoms with Crippen LogP contribution < -0.4 is 0 Å². The van der Waals surface area contributed by atoms with Crippen molar-refractivity contribution in [1.82, 2.24) is 5.06 Å². The summed E-state index contributed by atoms with van der Waals surface area (Å²) in [5, 5.41) is 1.66. The van der Waals surface area contributed by atoms with Crippen LogP contribution in [0.4, 0.5) is 0 Å². The fourth-order valence-electron chi connectivity index (χ4n) is 4.60. The smallest absolute Gasteiger partial charge is 0.338 e. The lowest BCUT2D eigenvalue weighted by Crippen LogP contribution is -2.56. The molecule has 2 aliphatic heterocycles. The third kappa shape index (κ3) is 3.77. The standard InChI is InChI=1S/C21H27NO7/c1-5-25-20(24)16-13-11-14(26-19(23)12-9-7-6-8-10-12)17-18(15(13)22(4)29-16)28-21(2,3)27-17/h6-10,13-18H,5,11H2,1-4H3/t13-,14+,15-,16-,17-,18+/m1/s1. The summed E-state index contributed by atoms with van der Waals surface area (Å²) in [6.45, 7) is 5.68. The lowest BCUT2D eigenvalue weighted by molar-refractivity contribution is -0.192. The molecule has 1 saturated carbocycles. The molecule has 3 fully saturated rings. The third-order valence-electron chi connectivity index (χ3n) is 5.69. The van der Waals surface area contributed by atoms with E-state index < -0.39 is 42.1 Å². The average molecular weight is 405 g/mol. The zero-order chi connectivity index (χ0) is 20.8. The molecule has 0 radical (unpaired) electrons. The lowest BCUT2D eigenvalue weighted by atomic mass is 9.77. The fraction of sp³-hybridized carbons (Fsp3) is 0.619. The molecule has 4 rings (SSSR count). The molecule has 0 bridgehead atoms. The Hall–Kier alpha value is -2.00. The van der Waals surface area contributed by atoms with E-state index in [0.717, 1.165) is 0 Å². The summed E-state index contributed by atoms with van der Waals surface area (Å²) in [4.78, 5) is 31.0. The first-order valence-corrected chi connectivity index (χ1v) is 9.98. The Balaban J connectivity index is 1.60. The number of benzene rings is 1. The topological polar surface area (TPSA) is 83.5 Å². The molecule has 2 heterocycles. The molecule has 0 amide bonds. The second-order valence-electron chi connectivity index (χ2n) is 8.09. The summed E-state index contributed by atoms with van der Waals surface area (Å²) >= 11 is 0. The molecule has 1 aliphatic carbocycles. The van der Waals surface area contributed by atoms with Crippen LogP contribution in [0.3, 0.4) is 0 Å². The molecule has 0 spiro atoms. The summed E-state index contributed by atoms with van der Waals surface area (Å²) in [7, 11) is 1.78. The summed E-state index contributed by atoms with van der Waals surface area (Å²) in [6, 6.07) is 8.60. The van der Waals surface area contributed by atoms with Crippen molar-refractivity contribution in [2.75, 3.05) is 13.7 Å². The molecular weight excluding hydrogens is 378 g/mol. The Morgan fingerprint density at radius 2 is 1.86 bits per heavy atom. The van der Waals surface area contributed by atoms with Crippen LogP contribution in [-0.2, 0) is 28.6 Å². The zero-order valence-corrected chi connectivity index (χ0v) is 17.1. The SMILES string of the molecule is CCOC(=O)[C@@H]1ON(C)[C@@H]2[C@H]1C[C@H](OC(=O)c1ccccc1)[C@H]1OC(C)(C)O[C@H]12. The van der Waals surface area contributed by atoms with Crippen molar-refractivity contribution in [3.05, 3.63) is 35.9 Å². The molecule has 0 N–H and O–H groups in total. The van der Waals surface area contributed by atoms with Crippen LogP contribution >= 0.6 is 0 Å². The van der Waals surface area contributed by atoms with Gasteiger partial charge in [-0.25, -0.2) is 9.59 Å².